The molecule has 9 heteroatoms. The van der Waals surface area contributed by atoms with Crippen LogP contribution in [0.4, 0.5) is 0 Å². The lowest BCUT2D eigenvalue weighted by Gasteiger charge is -2.26. The van der Waals surface area contributed by atoms with Crippen LogP contribution in [0.5, 0.6) is 5.75 Å². The topological polar surface area (TPSA) is 84.9 Å². The molecule has 0 unspecified atom stereocenters. The molecule has 1 saturated heterocycles. The Kier molecular flexibility index (Phi) is 7.84. The molecule has 7 nitrogen and oxygen atoms in total. The maximum absolute atomic E-state index is 12.8. The minimum atomic E-state index is -3.68. The maximum Gasteiger partial charge on any atom is 0.258 e. The zero-order chi connectivity index (χ0) is 24.0. The first-order valence-electron chi connectivity index (χ1n) is 10.8. The third kappa shape index (κ3) is 5.77. The predicted octanol–water partition coefficient (Wildman–Crippen LogP) is 3.65. The standard InChI is InChI=1S/C25H25ClN2O5S/c26-22-17-21(34(30,31)28-13-15-32-16-14-28)11-12-23(22)33-18-24(29)27-25(19-7-3-1-4-8-19)20-9-5-2-6-10-20/h1-12,17,25H,13-16,18H2,(H,27,29). The number of nitrogens with zero attached hydrogens (tertiary/aromatic N) is 1. The molecule has 3 aromatic carbocycles. The molecule has 0 saturated carbocycles. The lowest BCUT2D eigenvalue weighted by Crippen LogP contribution is -2.40. The first-order chi connectivity index (χ1) is 16.4. The van der Waals surface area contributed by atoms with Crippen molar-refractivity contribution in [3.05, 3.63) is 95.0 Å². The maximum atomic E-state index is 12.8. The number of rotatable bonds is 8. The van der Waals surface area contributed by atoms with E-state index in [0.29, 0.717) is 26.3 Å². The van der Waals surface area contributed by atoms with Gasteiger partial charge >= 0.3 is 0 Å². The van der Waals surface area contributed by atoms with Crippen molar-refractivity contribution < 1.29 is 22.7 Å². The van der Waals surface area contributed by atoms with Gasteiger partial charge in [-0.25, -0.2) is 8.42 Å². The second-order valence-electron chi connectivity index (χ2n) is 7.72. The second-order valence-corrected chi connectivity index (χ2v) is 10.1. The average molecular weight is 501 g/mol. The fourth-order valence-corrected chi connectivity index (χ4v) is 5.43. The summed E-state index contributed by atoms with van der Waals surface area (Å²) >= 11 is 6.29. The van der Waals surface area contributed by atoms with E-state index in [-0.39, 0.29) is 34.2 Å². The SMILES string of the molecule is O=C(COc1ccc(S(=O)(=O)N2CCOCC2)cc1Cl)NC(c1ccccc1)c1ccccc1. The van der Waals surface area contributed by atoms with E-state index >= 15 is 0 Å². The third-order valence-electron chi connectivity index (χ3n) is 5.44. The minimum absolute atomic E-state index is 0.0735. The number of morpholine rings is 1. The van der Waals surface area contributed by atoms with E-state index in [2.05, 4.69) is 5.32 Å². The summed E-state index contributed by atoms with van der Waals surface area (Å²) < 4.78 is 37.8. The first-order valence-corrected chi connectivity index (χ1v) is 12.7. The fraction of sp³-hybridized carbons (Fsp3) is 0.240. The number of ether oxygens (including phenoxy) is 2. The van der Waals surface area contributed by atoms with Gasteiger partial charge in [0.15, 0.2) is 6.61 Å². The molecule has 1 fully saturated rings. The van der Waals surface area contributed by atoms with Crippen molar-refractivity contribution in [2.75, 3.05) is 32.9 Å². The Labute approximate surface area is 204 Å². The summed E-state index contributed by atoms with van der Waals surface area (Å²) in [7, 11) is -3.68. The number of hydrogen-bond acceptors (Lipinski definition) is 5. The highest BCUT2D eigenvalue weighted by molar-refractivity contribution is 7.89. The lowest BCUT2D eigenvalue weighted by molar-refractivity contribution is -0.123. The summed E-state index contributed by atoms with van der Waals surface area (Å²) in [6.45, 7) is 1.03. The lowest BCUT2D eigenvalue weighted by atomic mass is 9.99. The number of amides is 1. The van der Waals surface area contributed by atoms with Crippen molar-refractivity contribution in [1.82, 2.24) is 9.62 Å². The van der Waals surface area contributed by atoms with E-state index in [4.69, 9.17) is 21.1 Å². The second kappa shape index (κ2) is 11.0. The molecular weight excluding hydrogens is 476 g/mol. The highest BCUT2D eigenvalue weighted by Gasteiger charge is 2.27. The van der Waals surface area contributed by atoms with Crippen LogP contribution in [-0.2, 0) is 19.6 Å². The van der Waals surface area contributed by atoms with Crippen molar-refractivity contribution in [1.29, 1.82) is 0 Å². The number of benzene rings is 3. The van der Waals surface area contributed by atoms with Gasteiger partial charge in [0.2, 0.25) is 10.0 Å². The van der Waals surface area contributed by atoms with Crippen LogP contribution in [0.3, 0.4) is 0 Å². The normalized spacial score (nSPS) is 14.6. The van der Waals surface area contributed by atoms with E-state index in [9.17, 15) is 13.2 Å². The van der Waals surface area contributed by atoms with E-state index in [0.717, 1.165) is 11.1 Å². The highest BCUT2D eigenvalue weighted by Crippen LogP contribution is 2.29. The number of nitrogens with one attached hydrogen (secondary N) is 1. The third-order valence-corrected chi connectivity index (χ3v) is 7.63. The number of carbonyl (C=O) groups excluding carboxylic acids is 1. The zero-order valence-electron chi connectivity index (χ0n) is 18.4. The van der Waals surface area contributed by atoms with Crippen molar-refractivity contribution in [2.45, 2.75) is 10.9 Å². The average Bonchev–Trinajstić information content (AvgIpc) is 2.88. The van der Waals surface area contributed by atoms with Crippen LogP contribution in [0.2, 0.25) is 5.02 Å². The Hall–Kier alpha value is -2.91. The molecule has 178 valence electrons. The van der Waals surface area contributed by atoms with E-state index in [1.54, 1.807) is 0 Å². The Bertz CT molecular complexity index is 1180. The molecule has 0 radical (unpaired) electrons. The van der Waals surface area contributed by atoms with Crippen LogP contribution >= 0.6 is 11.6 Å². The molecule has 3 aromatic rings. The molecule has 1 amide bonds. The Morgan fingerprint density at radius 1 is 0.971 bits per heavy atom. The summed E-state index contributed by atoms with van der Waals surface area (Å²) in [5.74, 6) is -0.104. The Morgan fingerprint density at radius 2 is 1.56 bits per heavy atom. The molecule has 0 bridgehead atoms. The fourth-order valence-electron chi connectivity index (χ4n) is 3.69. The van der Waals surface area contributed by atoms with Gasteiger partial charge in [0, 0.05) is 13.1 Å². The Morgan fingerprint density at radius 3 is 2.12 bits per heavy atom. The largest absolute Gasteiger partial charge is 0.482 e. The van der Waals surface area contributed by atoms with Gasteiger partial charge in [-0.15, -0.1) is 0 Å². The van der Waals surface area contributed by atoms with Gasteiger partial charge in [-0.05, 0) is 29.3 Å². The molecule has 1 N–H and O–H groups in total. The smallest absolute Gasteiger partial charge is 0.258 e. The van der Waals surface area contributed by atoms with E-state index in [1.807, 2.05) is 60.7 Å². The summed E-state index contributed by atoms with van der Waals surface area (Å²) in [4.78, 5) is 12.8. The first kappa shape index (κ1) is 24.2. The predicted molar refractivity (Wildman–Crippen MR) is 129 cm³/mol. The number of carbonyl (C=O) groups is 1. The molecule has 1 aliphatic heterocycles. The Balaban J connectivity index is 1.43. The minimum Gasteiger partial charge on any atom is -0.482 e. The van der Waals surface area contributed by atoms with Gasteiger partial charge in [0.05, 0.1) is 29.2 Å². The molecule has 0 atom stereocenters. The molecule has 0 aliphatic carbocycles. The van der Waals surface area contributed by atoms with Crippen molar-refractivity contribution in [3.8, 4) is 5.75 Å². The molecule has 0 aromatic heterocycles. The summed E-state index contributed by atoms with van der Waals surface area (Å²) in [5.41, 5.74) is 1.88. The molecule has 4 rings (SSSR count). The van der Waals surface area contributed by atoms with Gasteiger partial charge in [-0.2, -0.15) is 4.31 Å². The van der Waals surface area contributed by atoms with Crippen LogP contribution in [-0.4, -0.2) is 51.5 Å². The van der Waals surface area contributed by atoms with Crippen molar-refractivity contribution in [3.63, 3.8) is 0 Å². The monoisotopic (exact) mass is 500 g/mol. The van der Waals surface area contributed by atoms with Gasteiger partial charge in [-0.1, -0.05) is 72.3 Å². The van der Waals surface area contributed by atoms with Crippen LogP contribution in [0.25, 0.3) is 0 Å². The molecule has 34 heavy (non-hydrogen) atoms. The number of sulfonamides is 1. The summed E-state index contributed by atoms with van der Waals surface area (Å²) in [6, 6.07) is 23.2. The van der Waals surface area contributed by atoms with Gasteiger partial charge in [0.25, 0.3) is 5.91 Å². The van der Waals surface area contributed by atoms with E-state index in [1.165, 1.54) is 22.5 Å². The number of halogens is 1. The van der Waals surface area contributed by atoms with Crippen molar-refractivity contribution >= 4 is 27.5 Å². The molecule has 0 spiro atoms. The van der Waals surface area contributed by atoms with Crippen LogP contribution < -0.4 is 10.1 Å². The molecular formula is C25H25ClN2O5S. The molecule has 1 heterocycles. The van der Waals surface area contributed by atoms with Crippen LogP contribution in [0.1, 0.15) is 17.2 Å². The van der Waals surface area contributed by atoms with Gasteiger partial charge in [-0.3, -0.25) is 4.79 Å². The van der Waals surface area contributed by atoms with Crippen LogP contribution in [0, 0.1) is 0 Å². The quantitative estimate of drug-likeness (QED) is 0.510. The van der Waals surface area contributed by atoms with Crippen molar-refractivity contribution in [2.24, 2.45) is 0 Å². The van der Waals surface area contributed by atoms with Gasteiger partial charge in [0.1, 0.15) is 5.75 Å². The zero-order valence-corrected chi connectivity index (χ0v) is 20.0. The summed E-state index contributed by atoms with van der Waals surface area (Å²) in [5, 5.41) is 3.11. The number of hydrogen-bond donors (Lipinski definition) is 1. The van der Waals surface area contributed by atoms with Gasteiger partial charge < -0.3 is 14.8 Å². The summed E-state index contributed by atoms with van der Waals surface area (Å²) in [6.07, 6.45) is 0. The van der Waals surface area contributed by atoms with Crippen LogP contribution in [0.15, 0.2) is 83.8 Å². The molecule has 1 aliphatic rings. The highest BCUT2D eigenvalue weighted by atomic mass is 35.5. The van der Waals surface area contributed by atoms with E-state index < -0.39 is 10.0 Å².